The predicted octanol–water partition coefficient (Wildman–Crippen LogP) is 5.30. The lowest BCUT2D eigenvalue weighted by atomic mass is 9.76. The zero-order chi connectivity index (χ0) is 28.0. The molecule has 0 aromatic heterocycles. The van der Waals surface area contributed by atoms with Crippen molar-refractivity contribution in [2.24, 2.45) is 0 Å². The lowest BCUT2D eigenvalue weighted by molar-refractivity contribution is -0.385. The van der Waals surface area contributed by atoms with Crippen LogP contribution in [-0.4, -0.2) is 36.2 Å². The average Bonchev–Trinajstić information content (AvgIpc) is 3.01. The SMILES string of the molecule is C=C(C)C(=O)Nc1ccc2c(c1)C(C)(C)C1(C=Cc3cc([N+](=O)[O-])cc(CCOC(=O)C(=C)C)c3O1)N2C. The average molecular weight is 518 g/mol. The molecule has 2 aromatic carbocycles. The molecule has 1 unspecified atom stereocenters. The monoisotopic (exact) mass is 517 g/mol. The summed E-state index contributed by atoms with van der Waals surface area (Å²) in [5.41, 5.74) is 2.71. The second kappa shape index (κ2) is 9.48. The molecule has 0 saturated carbocycles. The number of nitro benzene ring substituents is 1. The molecule has 1 atom stereocenters. The number of nitrogens with zero attached hydrogens (tertiary/aromatic N) is 2. The molecule has 9 nitrogen and oxygen atoms in total. The van der Waals surface area contributed by atoms with Gasteiger partial charge in [0.25, 0.3) is 11.6 Å². The Balaban J connectivity index is 1.73. The number of amides is 1. The summed E-state index contributed by atoms with van der Waals surface area (Å²) in [6.45, 7) is 14.6. The second-order valence-electron chi connectivity index (χ2n) is 10.2. The number of carbonyl (C=O) groups excluding carboxylic acids is 2. The number of nitro groups is 1. The molecule has 0 aliphatic carbocycles. The molecular formula is C29H31N3O6. The minimum Gasteiger partial charge on any atom is -0.462 e. The van der Waals surface area contributed by atoms with Crippen LogP contribution in [0.3, 0.4) is 0 Å². The molecule has 2 aliphatic heterocycles. The van der Waals surface area contributed by atoms with Crippen molar-refractivity contribution in [2.75, 3.05) is 23.9 Å². The first-order valence-corrected chi connectivity index (χ1v) is 12.2. The Morgan fingerprint density at radius 1 is 1.16 bits per heavy atom. The van der Waals surface area contributed by atoms with Crippen molar-refractivity contribution in [1.29, 1.82) is 0 Å². The number of anilines is 2. The van der Waals surface area contributed by atoms with E-state index in [0.29, 0.717) is 28.1 Å². The molecule has 0 radical (unpaired) electrons. The van der Waals surface area contributed by atoms with Crippen molar-refractivity contribution < 1.29 is 24.0 Å². The molecule has 1 amide bonds. The highest BCUT2D eigenvalue weighted by Gasteiger charge is 2.58. The van der Waals surface area contributed by atoms with E-state index in [9.17, 15) is 19.7 Å². The highest BCUT2D eigenvalue weighted by atomic mass is 16.6. The summed E-state index contributed by atoms with van der Waals surface area (Å²) in [4.78, 5) is 37.3. The van der Waals surface area contributed by atoms with Crippen molar-refractivity contribution >= 4 is 35.0 Å². The van der Waals surface area contributed by atoms with Crippen LogP contribution in [0, 0.1) is 10.1 Å². The molecule has 4 rings (SSSR count). The Hall–Kier alpha value is -4.40. The summed E-state index contributed by atoms with van der Waals surface area (Å²) in [6, 6.07) is 8.63. The fraction of sp³-hybridized carbons (Fsp3) is 0.310. The predicted molar refractivity (Wildman–Crippen MR) is 146 cm³/mol. The molecule has 198 valence electrons. The van der Waals surface area contributed by atoms with Gasteiger partial charge in [-0.3, -0.25) is 14.9 Å². The van der Waals surface area contributed by atoms with E-state index in [1.54, 1.807) is 13.8 Å². The molecule has 1 spiro atoms. The number of hydrogen-bond acceptors (Lipinski definition) is 7. The molecule has 2 aliphatic rings. The van der Waals surface area contributed by atoms with E-state index < -0.39 is 22.0 Å². The van der Waals surface area contributed by atoms with Crippen LogP contribution in [0.15, 0.2) is 60.7 Å². The number of nitrogens with one attached hydrogen (secondary N) is 1. The molecule has 0 saturated heterocycles. The van der Waals surface area contributed by atoms with Gasteiger partial charge in [-0.15, -0.1) is 0 Å². The molecule has 0 fully saturated rings. The lowest BCUT2D eigenvalue weighted by Crippen LogP contribution is -2.58. The van der Waals surface area contributed by atoms with Crippen LogP contribution in [0.5, 0.6) is 5.75 Å². The number of rotatable bonds is 7. The van der Waals surface area contributed by atoms with Gasteiger partial charge in [-0.1, -0.05) is 13.2 Å². The van der Waals surface area contributed by atoms with Crippen molar-refractivity contribution in [3.05, 3.63) is 87.5 Å². The highest BCUT2D eigenvalue weighted by Crippen LogP contribution is 2.55. The number of benzene rings is 2. The van der Waals surface area contributed by atoms with Gasteiger partial charge in [0, 0.05) is 59.2 Å². The van der Waals surface area contributed by atoms with Gasteiger partial charge < -0.3 is 19.7 Å². The Bertz CT molecular complexity index is 1420. The Kier molecular flexibility index (Phi) is 6.65. The second-order valence-corrected chi connectivity index (χ2v) is 10.2. The molecular weight excluding hydrogens is 486 g/mol. The molecule has 1 N–H and O–H groups in total. The van der Waals surface area contributed by atoms with Gasteiger partial charge in [-0.05, 0) is 63.6 Å². The number of likely N-dealkylation sites (N-methyl/N-ethyl adjacent to an activating group) is 1. The lowest BCUT2D eigenvalue weighted by Gasteiger charge is -2.46. The van der Waals surface area contributed by atoms with E-state index in [4.69, 9.17) is 9.47 Å². The number of non-ortho nitro benzene ring substituents is 1. The number of hydrogen-bond donors (Lipinski definition) is 1. The number of fused-ring (bicyclic) bond motifs is 2. The van der Waals surface area contributed by atoms with E-state index in [1.165, 1.54) is 12.1 Å². The van der Waals surface area contributed by atoms with Crippen molar-refractivity contribution in [1.82, 2.24) is 0 Å². The summed E-state index contributed by atoms with van der Waals surface area (Å²) >= 11 is 0. The van der Waals surface area contributed by atoms with E-state index >= 15 is 0 Å². The third-order valence-corrected chi connectivity index (χ3v) is 7.16. The molecule has 0 bridgehead atoms. The fourth-order valence-corrected chi connectivity index (χ4v) is 4.96. The summed E-state index contributed by atoms with van der Waals surface area (Å²) in [6.07, 6.45) is 3.97. The fourth-order valence-electron chi connectivity index (χ4n) is 4.96. The van der Waals surface area contributed by atoms with Gasteiger partial charge in [0.05, 0.1) is 16.9 Å². The van der Waals surface area contributed by atoms with Crippen LogP contribution in [0.4, 0.5) is 17.1 Å². The first kappa shape index (κ1) is 26.7. The molecule has 38 heavy (non-hydrogen) atoms. The van der Waals surface area contributed by atoms with Crippen LogP contribution in [0.1, 0.15) is 44.4 Å². The van der Waals surface area contributed by atoms with Gasteiger partial charge in [0.1, 0.15) is 5.75 Å². The number of esters is 1. The van der Waals surface area contributed by atoms with E-state index in [-0.39, 0.29) is 30.2 Å². The van der Waals surface area contributed by atoms with Crippen molar-refractivity contribution in [2.45, 2.75) is 45.3 Å². The quantitative estimate of drug-likeness (QED) is 0.230. The van der Waals surface area contributed by atoms with Crippen LogP contribution in [-0.2, 0) is 26.2 Å². The summed E-state index contributed by atoms with van der Waals surface area (Å²) in [5, 5.41) is 14.5. The smallest absolute Gasteiger partial charge is 0.333 e. The zero-order valence-electron chi connectivity index (χ0n) is 22.2. The topological polar surface area (TPSA) is 111 Å². The minimum absolute atomic E-state index is 0.0185. The van der Waals surface area contributed by atoms with Gasteiger partial charge in [-0.25, -0.2) is 4.79 Å². The standard InChI is InChI=1S/C29H31N3O6/c1-17(2)26(33)30-21-8-9-24-23(16-21)28(5,6)29(31(24)7)12-10-19-14-22(32(35)36)15-20(25(19)38-29)11-13-37-27(34)18(3)4/h8-10,12,14-16H,1,3,11,13H2,2,4-7H3,(H,30,33). The zero-order valence-corrected chi connectivity index (χ0v) is 22.2. The van der Waals surface area contributed by atoms with Crippen LogP contribution >= 0.6 is 0 Å². The third kappa shape index (κ3) is 4.34. The van der Waals surface area contributed by atoms with E-state index in [1.807, 2.05) is 42.3 Å². The van der Waals surface area contributed by atoms with Gasteiger partial charge in [-0.2, -0.15) is 0 Å². The maximum Gasteiger partial charge on any atom is 0.333 e. The van der Waals surface area contributed by atoms with Crippen LogP contribution in [0.2, 0.25) is 0 Å². The van der Waals surface area contributed by atoms with Crippen molar-refractivity contribution in [3.8, 4) is 5.75 Å². The maximum atomic E-state index is 12.2. The first-order chi connectivity index (χ1) is 17.8. The minimum atomic E-state index is -0.960. The normalized spacial score (nSPS) is 18.3. The Morgan fingerprint density at radius 2 is 1.87 bits per heavy atom. The maximum absolute atomic E-state index is 12.2. The van der Waals surface area contributed by atoms with Gasteiger partial charge >= 0.3 is 5.97 Å². The third-order valence-electron chi connectivity index (χ3n) is 7.16. The Morgan fingerprint density at radius 3 is 2.50 bits per heavy atom. The van der Waals surface area contributed by atoms with E-state index in [2.05, 4.69) is 32.3 Å². The largest absolute Gasteiger partial charge is 0.462 e. The van der Waals surface area contributed by atoms with Crippen molar-refractivity contribution in [3.63, 3.8) is 0 Å². The van der Waals surface area contributed by atoms with E-state index in [0.717, 1.165) is 11.3 Å². The van der Waals surface area contributed by atoms with Crippen LogP contribution in [0.25, 0.3) is 6.08 Å². The molecule has 2 aromatic rings. The molecule has 9 heteroatoms. The Labute approximate surface area is 221 Å². The number of ether oxygens (including phenoxy) is 2. The van der Waals surface area contributed by atoms with Gasteiger partial charge in [0.15, 0.2) is 0 Å². The number of carbonyl (C=O) groups is 2. The summed E-state index contributed by atoms with van der Waals surface area (Å²) in [5.74, 6) is -0.290. The van der Waals surface area contributed by atoms with Gasteiger partial charge in [0.2, 0.25) is 5.72 Å². The summed E-state index contributed by atoms with van der Waals surface area (Å²) < 4.78 is 12.0. The highest BCUT2D eigenvalue weighted by molar-refractivity contribution is 6.03. The van der Waals surface area contributed by atoms with Crippen LogP contribution < -0.4 is 15.0 Å². The first-order valence-electron chi connectivity index (χ1n) is 12.2. The summed E-state index contributed by atoms with van der Waals surface area (Å²) in [7, 11) is 1.93. The molecule has 2 heterocycles.